The molecule has 0 saturated carbocycles. The van der Waals surface area contributed by atoms with E-state index in [0.717, 1.165) is 48.6 Å². The third-order valence-corrected chi connectivity index (χ3v) is 6.16. The molecule has 0 bridgehead atoms. The second-order valence-corrected chi connectivity index (χ2v) is 8.04. The van der Waals surface area contributed by atoms with Crippen molar-refractivity contribution in [1.82, 2.24) is 24.2 Å². The van der Waals surface area contributed by atoms with E-state index in [0.29, 0.717) is 17.5 Å². The molecular weight excluding hydrogens is 400 g/mol. The molecule has 2 aromatic heterocycles. The average Bonchev–Trinajstić information content (AvgIpc) is 3.20. The number of anilines is 1. The Morgan fingerprint density at radius 2 is 1.93 bits per heavy atom. The normalized spacial score (nSPS) is 12.6. The molecule has 0 radical (unpaired) electrons. The lowest BCUT2D eigenvalue weighted by atomic mass is 10.1. The van der Waals surface area contributed by atoms with Crippen molar-refractivity contribution in [2.75, 3.05) is 25.0 Å². The van der Waals surface area contributed by atoms with Gasteiger partial charge in [0, 0.05) is 13.1 Å². The zero-order valence-electron chi connectivity index (χ0n) is 18.4. The maximum atomic E-state index is 13.0. The topological polar surface area (TPSA) is 68.0 Å². The number of imidazole rings is 1. The van der Waals surface area contributed by atoms with Gasteiger partial charge in [-0.15, -0.1) is 0 Å². The van der Waals surface area contributed by atoms with Crippen LogP contribution in [0.5, 0.6) is 0 Å². The number of amides is 1. The molecule has 162 valence electrons. The van der Waals surface area contributed by atoms with Crippen molar-refractivity contribution in [3.8, 4) is 0 Å². The van der Waals surface area contributed by atoms with E-state index in [-0.39, 0.29) is 11.8 Å². The maximum absolute atomic E-state index is 13.0. The van der Waals surface area contributed by atoms with Crippen molar-refractivity contribution in [2.45, 2.75) is 47.7 Å². The Hall–Kier alpha value is -2.38. The number of hydrogen-bond acceptors (Lipinski definition) is 4. The molecule has 1 unspecified atom stereocenters. The van der Waals surface area contributed by atoms with E-state index in [1.807, 2.05) is 45.0 Å². The largest absolute Gasteiger partial charge is 0.309 e. The Kier molecular flexibility index (Phi) is 7.15. The van der Waals surface area contributed by atoms with E-state index < -0.39 is 0 Å². The van der Waals surface area contributed by atoms with Crippen LogP contribution >= 0.6 is 11.6 Å². The zero-order chi connectivity index (χ0) is 21.8. The van der Waals surface area contributed by atoms with Gasteiger partial charge in [-0.25, -0.2) is 4.98 Å². The standard InChI is InChI=1S/C22H31ClN6O/c1-6-27(7-2)12-13-28-19-11-9-8-10-18(19)24-22(28)25-21(30)15(3)14-29-17(5)20(23)16(4)26-29/h8-11,15H,6-7,12-14H2,1-5H3,(H,24,25,30). The zero-order valence-corrected chi connectivity index (χ0v) is 19.2. The first kappa shape index (κ1) is 22.3. The van der Waals surface area contributed by atoms with Gasteiger partial charge >= 0.3 is 0 Å². The number of aromatic nitrogens is 4. The number of nitrogens with one attached hydrogen (secondary N) is 1. The summed E-state index contributed by atoms with van der Waals surface area (Å²) >= 11 is 6.24. The summed E-state index contributed by atoms with van der Waals surface area (Å²) in [6, 6.07) is 7.98. The number of likely N-dealkylation sites (N-methyl/N-ethyl adjacent to an activating group) is 1. The molecule has 0 aliphatic rings. The summed E-state index contributed by atoms with van der Waals surface area (Å²) in [5, 5.41) is 8.13. The highest BCUT2D eigenvalue weighted by Gasteiger charge is 2.20. The van der Waals surface area contributed by atoms with E-state index in [4.69, 9.17) is 11.6 Å². The summed E-state index contributed by atoms with van der Waals surface area (Å²) in [5.74, 6) is 0.222. The van der Waals surface area contributed by atoms with Crippen LogP contribution in [0.2, 0.25) is 5.02 Å². The van der Waals surface area contributed by atoms with Crippen molar-refractivity contribution in [3.05, 3.63) is 40.7 Å². The molecule has 1 aromatic carbocycles. The molecule has 0 aliphatic heterocycles. The van der Waals surface area contributed by atoms with Crippen molar-refractivity contribution in [1.29, 1.82) is 0 Å². The van der Waals surface area contributed by atoms with Crippen molar-refractivity contribution < 1.29 is 4.79 Å². The van der Waals surface area contributed by atoms with Gasteiger partial charge in [-0.1, -0.05) is 44.5 Å². The summed E-state index contributed by atoms with van der Waals surface area (Å²) in [4.78, 5) is 20.0. The first-order chi connectivity index (χ1) is 14.3. The first-order valence-electron chi connectivity index (χ1n) is 10.5. The summed E-state index contributed by atoms with van der Waals surface area (Å²) in [6.45, 7) is 14.1. The molecule has 2 heterocycles. The molecule has 0 fully saturated rings. The van der Waals surface area contributed by atoms with Gasteiger partial charge in [0.2, 0.25) is 11.9 Å². The number of aryl methyl sites for hydroxylation is 1. The van der Waals surface area contributed by atoms with Gasteiger partial charge in [0.05, 0.1) is 39.9 Å². The van der Waals surface area contributed by atoms with Crippen LogP contribution in [0.4, 0.5) is 5.95 Å². The Balaban J connectivity index is 1.79. The Morgan fingerprint density at radius 3 is 2.57 bits per heavy atom. The number of para-hydroxylation sites is 2. The first-order valence-corrected chi connectivity index (χ1v) is 10.9. The fourth-order valence-electron chi connectivity index (χ4n) is 3.61. The monoisotopic (exact) mass is 430 g/mol. The Morgan fingerprint density at radius 1 is 1.23 bits per heavy atom. The average molecular weight is 431 g/mol. The van der Waals surface area contributed by atoms with Crippen molar-refractivity contribution in [2.24, 2.45) is 5.92 Å². The molecule has 3 rings (SSSR count). The van der Waals surface area contributed by atoms with Gasteiger partial charge in [0.1, 0.15) is 0 Å². The highest BCUT2D eigenvalue weighted by atomic mass is 35.5. The van der Waals surface area contributed by atoms with Gasteiger partial charge in [-0.2, -0.15) is 5.10 Å². The lowest BCUT2D eigenvalue weighted by Crippen LogP contribution is -2.29. The quantitative estimate of drug-likeness (QED) is 0.554. The van der Waals surface area contributed by atoms with Gasteiger partial charge in [-0.3, -0.25) is 14.8 Å². The minimum absolute atomic E-state index is 0.0851. The number of fused-ring (bicyclic) bond motifs is 1. The molecule has 7 nitrogen and oxygen atoms in total. The fraction of sp³-hybridized carbons (Fsp3) is 0.500. The lowest BCUT2D eigenvalue weighted by Gasteiger charge is -2.20. The predicted octanol–water partition coefficient (Wildman–Crippen LogP) is 4.12. The van der Waals surface area contributed by atoms with Crippen LogP contribution in [-0.2, 0) is 17.9 Å². The third-order valence-electron chi connectivity index (χ3n) is 5.61. The summed E-state index contributed by atoms with van der Waals surface area (Å²) in [6.07, 6.45) is 0. The number of nitrogens with zero attached hydrogens (tertiary/aromatic N) is 5. The van der Waals surface area contributed by atoms with Gasteiger partial charge in [0.25, 0.3) is 0 Å². The molecule has 1 amide bonds. The number of rotatable bonds is 9. The van der Waals surface area contributed by atoms with Crippen LogP contribution in [0.15, 0.2) is 24.3 Å². The van der Waals surface area contributed by atoms with Crippen molar-refractivity contribution in [3.63, 3.8) is 0 Å². The lowest BCUT2D eigenvalue weighted by molar-refractivity contribution is -0.119. The summed E-state index contributed by atoms with van der Waals surface area (Å²) in [7, 11) is 0. The molecule has 1 atom stereocenters. The van der Waals surface area contributed by atoms with Gasteiger partial charge < -0.3 is 9.47 Å². The number of halogens is 1. The van der Waals surface area contributed by atoms with Crippen LogP contribution in [0, 0.1) is 19.8 Å². The fourth-order valence-corrected chi connectivity index (χ4v) is 3.74. The van der Waals surface area contributed by atoms with Crippen LogP contribution in [-0.4, -0.2) is 49.8 Å². The summed E-state index contributed by atoms with van der Waals surface area (Å²) < 4.78 is 3.89. The second kappa shape index (κ2) is 9.62. The Bertz CT molecular complexity index is 1020. The smallest absolute Gasteiger partial charge is 0.231 e. The van der Waals surface area contributed by atoms with Crippen LogP contribution in [0.3, 0.4) is 0 Å². The SMILES string of the molecule is CCN(CC)CCn1c(NC(=O)C(C)Cn2nc(C)c(Cl)c2C)nc2ccccc21. The van der Waals surface area contributed by atoms with E-state index >= 15 is 0 Å². The highest BCUT2D eigenvalue weighted by Crippen LogP contribution is 2.22. The Labute approximate surface area is 183 Å². The maximum Gasteiger partial charge on any atom is 0.231 e. The molecular formula is C22H31ClN6O. The van der Waals surface area contributed by atoms with Crippen LogP contribution in [0.1, 0.15) is 32.2 Å². The molecule has 1 N–H and O–H groups in total. The number of hydrogen-bond donors (Lipinski definition) is 1. The van der Waals surface area contributed by atoms with E-state index in [1.54, 1.807) is 4.68 Å². The van der Waals surface area contributed by atoms with E-state index in [1.165, 1.54) is 0 Å². The second-order valence-electron chi connectivity index (χ2n) is 7.66. The molecule has 0 spiro atoms. The van der Waals surface area contributed by atoms with Crippen molar-refractivity contribution >= 4 is 34.5 Å². The van der Waals surface area contributed by atoms with Gasteiger partial charge in [0.15, 0.2) is 0 Å². The number of benzene rings is 1. The number of carbonyl (C=O) groups is 1. The summed E-state index contributed by atoms with van der Waals surface area (Å²) in [5.41, 5.74) is 3.56. The third kappa shape index (κ3) is 4.68. The molecule has 0 saturated heterocycles. The molecule has 30 heavy (non-hydrogen) atoms. The minimum atomic E-state index is -0.282. The minimum Gasteiger partial charge on any atom is -0.309 e. The van der Waals surface area contributed by atoms with Crippen LogP contribution in [0.25, 0.3) is 11.0 Å². The molecule has 3 aromatic rings. The van der Waals surface area contributed by atoms with Gasteiger partial charge in [-0.05, 0) is 39.1 Å². The number of carbonyl (C=O) groups excluding carboxylic acids is 1. The van der Waals surface area contributed by atoms with E-state index in [2.05, 4.69) is 38.7 Å². The molecule has 0 aliphatic carbocycles. The predicted molar refractivity (Wildman–Crippen MR) is 122 cm³/mol. The van der Waals surface area contributed by atoms with E-state index in [9.17, 15) is 4.79 Å². The highest BCUT2D eigenvalue weighted by molar-refractivity contribution is 6.31. The van der Waals surface area contributed by atoms with Crippen LogP contribution < -0.4 is 5.32 Å². The molecule has 8 heteroatoms.